The van der Waals surface area contributed by atoms with E-state index in [9.17, 15) is 29.7 Å². The van der Waals surface area contributed by atoms with Crippen LogP contribution < -0.4 is 0 Å². The Morgan fingerprint density at radius 2 is 0.831 bits per heavy atom. The lowest BCUT2D eigenvalue weighted by Gasteiger charge is -2.71. The second-order valence-corrected chi connectivity index (χ2v) is 17.1. The van der Waals surface area contributed by atoms with E-state index in [0.29, 0.717) is 0 Å². The van der Waals surface area contributed by atoms with Gasteiger partial charge in [-0.25, -0.2) is 14.4 Å². The van der Waals surface area contributed by atoms with Crippen LogP contribution in [-0.4, -0.2) is 43.2 Å². The van der Waals surface area contributed by atoms with Crippen molar-refractivity contribution >= 4 is 39.7 Å². The molecule has 0 aliphatic heterocycles. The van der Waals surface area contributed by atoms with Crippen molar-refractivity contribution in [2.24, 2.45) is 0 Å². The predicted octanol–water partition coefficient (Wildman–Crippen LogP) is 9.71. The minimum Gasteiger partial charge on any atom is -0.478 e. The Bertz CT molecular complexity index is 2740. The average Bonchev–Trinajstić information content (AvgIpc) is 3.25. The van der Waals surface area contributed by atoms with Gasteiger partial charge in [-0.3, -0.25) is 9.97 Å². The highest BCUT2D eigenvalue weighted by atomic mass is 16.4. The van der Waals surface area contributed by atoms with E-state index in [0.717, 1.165) is 88.1 Å². The van der Waals surface area contributed by atoms with E-state index in [2.05, 4.69) is 52.1 Å². The summed E-state index contributed by atoms with van der Waals surface area (Å²) in [5, 5.41) is 31.4. The van der Waals surface area contributed by atoms with Crippen LogP contribution in [0.4, 0.5) is 0 Å². The quantitative estimate of drug-likeness (QED) is 0.108. The van der Waals surface area contributed by atoms with Crippen LogP contribution in [0.2, 0.25) is 0 Å². The number of aromatic nitrogens is 2. The van der Waals surface area contributed by atoms with Crippen molar-refractivity contribution in [3.05, 3.63) is 190 Å². The van der Waals surface area contributed by atoms with Crippen LogP contribution in [0.25, 0.3) is 21.8 Å². The van der Waals surface area contributed by atoms with E-state index in [1.54, 1.807) is 48.8 Å². The summed E-state index contributed by atoms with van der Waals surface area (Å²) in [7, 11) is 0. The summed E-state index contributed by atoms with van der Waals surface area (Å²) < 4.78 is 0. The minimum atomic E-state index is -0.978. The molecular weight excluding hydrogens is 737 g/mol. The molecule has 11 rings (SSSR count). The van der Waals surface area contributed by atoms with Crippen LogP contribution in [0.5, 0.6) is 0 Å². The summed E-state index contributed by atoms with van der Waals surface area (Å²) in [4.78, 5) is 45.2. The molecule has 2 heterocycles. The lowest BCUT2D eigenvalue weighted by atomic mass is 9.32. The molecular formula is C51H38N2O6. The molecule has 59 heavy (non-hydrogen) atoms. The molecule has 288 valence electrons. The van der Waals surface area contributed by atoms with E-state index >= 15 is 0 Å². The number of hydrogen-bond acceptors (Lipinski definition) is 5. The number of carboxylic acid groups (broad SMARTS) is 3. The van der Waals surface area contributed by atoms with Gasteiger partial charge < -0.3 is 15.3 Å². The zero-order valence-corrected chi connectivity index (χ0v) is 32.0. The molecule has 8 heteroatoms. The molecule has 2 aromatic heterocycles. The number of carboxylic acids is 3. The van der Waals surface area contributed by atoms with E-state index in [-0.39, 0.29) is 38.4 Å². The molecule has 3 N–H and O–H groups in total. The molecule has 0 unspecified atom stereocenters. The van der Waals surface area contributed by atoms with E-state index < -0.39 is 17.9 Å². The topological polar surface area (TPSA) is 138 Å². The molecule has 0 atom stereocenters. The molecule has 0 amide bonds. The number of rotatable bonds is 7. The molecule has 5 aromatic carbocycles. The highest BCUT2D eigenvalue weighted by Crippen LogP contribution is 2.74. The van der Waals surface area contributed by atoms with Crippen LogP contribution in [-0.2, 0) is 21.7 Å². The summed E-state index contributed by atoms with van der Waals surface area (Å²) in [5.41, 5.74) is 7.08. The van der Waals surface area contributed by atoms with Crippen molar-refractivity contribution in [2.45, 2.75) is 60.2 Å². The van der Waals surface area contributed by atoms with Crippen molar-refractivity contribution in [3.63, 3.8) is 0 Å². The third-order valence-corrected chi connectivity index (χ3v) is 13.6. The Morgan fingerprint density at radius 1 is 0.458 bits per heavy atom. The van der Waals surface area contributed by atoms with Crippen LogP contribution in [0.3, 0.4) is 0 Å². The van der Waals surface area contributed by atoms with E-state index in [1.165, 1.54) is 5.56 Å². The lowest BCUT2D eigenvalue weighted by molar-refractivity contribution is -0.0692. The molecule has 4 bridgehead atoms. The van der Waals surface area contributed by atoms with E-state index in [4.69, 9.17) is 0 Å². The molecule has 4 aliphatic carbocycles. The zero-order valence-electron chi connectivity index (χ0n) is 32.0. The first-order valence-electron chi connectivity index (χ1n) is 19.8. The normalized spacial score (nSPS) is 24.1. The molecule has 0 spiro atoms. The number of benzene rings is 5. The van der Waals surface area contributed by atoms with Crippen LogP contribution in [0.15, 0.2) is 140 Å². The van der Waals surface area contributed by atoms with Gasteiger partial charge in [0.05, 0.1) is 27.7 Å². The van der Waals surface area contributed by atoms with Gasteiger partial charge in [-0.15, -0.1) is 0 Å². The monoisotopic (exact) mass is 774 g/mol. The van der Waals surface area contributed by atoms with Crippen LogP contribution >= 0.6 is 0 Å². The van der Waals surface area contributed by atoms with Crippen molar-refractivity contribution in [1.29, 1.82) is 0 Å². The minimum absolute atomic E-state index is 0.229. The maximum absolute atomic E-state index is 12.0. The van der Waals surface area contributed by atoms with Gasteiger partial charge in [0.1, 0.15) is 0 Å². The Morgan fingerprint density at radius 3 is 1.24 bits per heavy atom. The molecule has 4 aliphatic rings. The number of carbonyl (C=O) groups is 3. The second-order valence-electron chi connectivity index (χ2n) is 17.1. The Hall–Kier alpha value is -7.11. The fourth-order valence-corrected chi connectivity index (χ4v) is 11.7. The smallest absolute Gasteiger partial charge is 0.335 e. The van der Waals surface area contributed by atoms with Gasteiger partial charge in [0.25, 0.3) is 0 Å². The van der Waals surface area contributed by atoms with Gasteiger partial charge in [0.2, 0.25) is 0 Å². The summed E-state index contributed by atoms with van der Waals surface area (Å²) >= 11 is 0. The number of aromatic carboxylic acids is 3. The first-order chi connectivity index (χ1) is 28.5. The first kappa shape index (κ1) is 36.2. The van der Waals surface area contributed by atoms with E-state index in [1.807, 2.05) is 60.7 Å². The largest absolute Gasteiger partial charge is 0.478 e. The maximum atomic E-state index is 12.0. The van der Waals surface area contributed by atoms with Gasteiger partial charge in [0.15, 0.2) is 0 Å². The summed E-state index contributed by atoms with van der Waals surface area (Å²) in [6.07, 6.45) is 8.49. The summed E-state index contributed by atoms with van der Waals surface area (Å²) in [5.74, 6) is 3.91. The van der Waals surface area contributed by atoms with Crippen molar-refractivity contribution in [1.82, 2.24) is 9.97 Å². The van der Waals surface area contributed by atoms with Crippen molar-refractivity contribution in [3.8, 4) is 11.8 Å². The van der Waals surface area contributed by atoms with Gasteiger partial charge in [-0.1, -0.05) is 66.4 Å². The summed E-state index contributed by atoms with van der Waals surface area (Å²) in [6, 6.07) is 40.6. The summed E-state index contributed by atoms with van der Waals surface area (Å²) in [6.45, 7) is 0. The van der Waals surface area contributed by atoms with Gasteiger partial charge in [-0.2, -0.15) is 0 Å². The molecule has 8 nitrogen and oxygen atoms in total. The number of hydrogen-bond donors (Lipinski definition) is 3. The molecule has 0 saturated heterocycles. The fraction of sp³-hybridized carbons (Fsp3) is 0.196. The molecule has 4 saturated carbocycles. The number of fused-ring (bicyclic) bond motifs is 3. The highest BCUT2D eigenvalue weighted by molar-refractivity contribution is 6.05. The zero-order chi connectivity index (χ0) is 40.6. The van der Waals surface area contributed by atoms with Gasteiger partial charge in [-0.05, 0) is 155 Å². The molecule has 7 aromatic rings. The highest BCUT2D eigenvalue weighted by Gasteiger charge is 2.69. The van der Waals surface area contributed by atoms with Crippen LogP contribution in [0.1, 0.15) is 103 Å². The predicted molar refractivity (Wildman–Crippen MR) is 224 cm³/mol. The van der Waals surface area contributed by atoms with Gasteiger partial charge >= 0.3 is 17.9 Å². The second kappa shape index (κ2) is 13.2. The average molecular weight is 775 g/mol. The standard InChI is InChI=1S/C51H38N2O6/c54-45(55)33-9-17-39(18-10-33)49-26-48(38-15-6-32(7-16-38)5-8-36-25-37-3-1-23-52-43(37)44-42(36)4-2-24-53-44)27-50(29-49,40-19-11-34(12-20-40)46(56)57)31-51(28-48,30-49)41-21-13-35(14-22-41)47(58)59/h1-4,6-7,9-25H,26-31H2,(H,54,55)(H,56,57)(H,58,59). The lowest BCUT2D eigenvalue weighted by Crippen LogP contribution is -2.67. The number of nitrogens with zero attached hydrogens (tertiary/aromatic N) is 2. The van der Waals surface area contributed by atoms with Crippen LogP contribution in [0, 0.1) is 11.8 Å². The van der Waals surface area contributed by atoms with Gasteiger partial charge in [0, 0.05) is 34.3 Å². The third-order valence-electron chi connectivity index (χ3n) is 13.6. The number of pyridine rings is 2. The SMILES string of the molecule is O=C(O)c1ccc(C23CC4(c5ccc(C#Cc6cc7cccnc7c7ncccc67)cc5)CC(c5ccc(C(=O)O)cc5)(C2)CC(c2ccc(C(=O)O)cc2)(C4)C3)cc1. The molecule has 4 fully saturated rings. The van der Waals surface area contributed by atoms with Crippen molar-refractivity contribution in [2.75, 3.05) is 0 Å². The fourth-order valence-electron chi connectivity index (χ4n) is 11.7. The maximum Gasteiger partial charge on any atom is 0.335 e. The van der Waals surface area contributed by atoms with Crippen molar-refractivity contribution < 1.29 is 29.7 Å². The first-order valence-corrected chi connectivity index (χ1v) is 19.8. The molecule has 0 radical (unpaired) electrons. The Kier molecular flexibility index (Phi) is 8.12. The Labute approximate surface area is 340 Å². The Balaban J connectivity index is 1.12. The third kappa shape index (κ3) is 5.88.